The van der Waals surface area contributed by atoms with Crippen molar-refractivity contribution in [3.05, 3.63) is 18.2 Å². The number of fused-ring (bicyclic) bond motifs is 1. The molecule has 0 spiro atoms. The molecule has 1 unspecified atom stereocenters. The van der Waals surface area contributed by atoms with Gasteiger partial charge in [0, 0.05) is 24.8 Å². The molecule has 0 aliphatic carbocycles. The van der Waals surface area contributed by atoms with Gasteiger partial charge in [0.25, 0.3) is 6.01 Å². The van der Waals surface area contributed by atoms with E-state index in [-0.39, 0.29) is 0 Å². The predicted molar refractivity (Wildman–Crippen MR) is 78.3 cm³/mol. The van der Waals surface area contributed by atoms with Gasteiger partial charge in [0.2, 0.25) is 0 Å². The second-order valence-electron chi connectivity index (χ2n) is 5.42. The number of oxazole rings is 1. The molecule has 2 N–H and O–H groups in total. The third-order valence-corrected chi connectivity index (χ3v) is 4.10. The second kappa shape index (κ2) is 5.11. The first-order valence-corrected chi connectivity index (χ1v) is 7.17. The molecule has 1 aliphatic rings. The Morgan fingerprint density at radius 3 is 3.11 bits per heavy atom. The molecule has 4 heteroatoms. The van der Waals surface area contributed by atoms with Gasteiger partial charge in [-0.25, -0.2) is 0 Å². The first-order valence-electron chi connectivity index (χ1n) is 7.17. The van der Waals surface area contributed by atoms with Crippen LogP contribution in [0.2, 0.25) is 0 Å². The fourth-order valence-corrected chi connectivity index (χ4v) is 2.83. The van der Waals surface area contributed by atoms with E-state index in [1.54, 1.807) is 0 Å². The molecule has 2 aromatic rings. The normalized spacial score (nSPS) is 20.7. The van der Waals surface area contributed by atoms with Crippen molar-refractivity contribution < 1.29 is 4.42 Å². The Hall–Kier alpha value is -1.71. The van der Waals surface area contributed by atoms with Crippen LogP contribution >= 0.6 is 0 Å². The highest BCUT2D eigenvalue weighted by Gasteiger charge is 2.19. The minimum Gasteiger partial charge on any atom is -0.423 e. The van der Waals surface area contributed by atoms with E-state index in [9.17, 15) is 0 Å². The van der Waals surface area contributed by atoms with Crippen LogP contribution in [-0.4, -0.2) is 18.1 Å². The van der Waals surface area contributed by atoms with Crippen molar-refractivity contribution in [1.29, 1.82) is 0 Å². The van der Waals surface area contributed by atoms with Gasteiger partial charge < -0.3 is 15.1 Å². The summed E-state index contributed by atoms with van der Waals surface area (Å²) in [5.74, 6) is 0.852. The van der Waals surface area contributed by atoms with Gasteiger partial charge in [-0.15, -0.1) is 0 Å². The fraction of sp³-hybridized carbons (Fsp3) is 0.533. The fourth-order valence-electron chi connectivity index (χ4n) is 2.83. The van der Waals surface area contributed by atoms with Crippen molar-refractivity contribution in [1.82, 2.24) is 4.98 Å². The number of benzene rings is 1. The number of rotatable bonds is 2. The summed E-state index contributed by atoms with van der Waals surface area (Å²) in [6.07, 6.45) is 5.05. The monoisotopic (exact) mass is 259 g/mol. The van der Waals surface area contributed by atoms with Crippen molar-refractivity contribution in [3.8, 4) is 0 Å². The summed E-state index contributed by atoms with van der Waals surface area (Å²) in [6.45, 7) is 4.36. The van der Waals surface area contributed by atoms with Gasteiger partial charge in [-0.1, -0.05) is 13.3 Å². The molecule has 2 heterocycles. The first kappa shape index (κ1) is 12.3. The van der Waals surface area contributed by atoms with Gasteiger partial charge in [-0.05, 0) is 37.3 Å². The Morgan fingerprint density at radius 2 is 2.26 bits per heavy atom. The maximum atomic E-state index is 5.85. The van der Waals surface area contributed by atoms with Gasteiger partial charge in [0.1, 0.15) is 5.52 Å². The summed E-state index contributed by atoms with van der Waals surface area (Å²) in [5.41, 5.74) is 8.16. The molecule has 0 saturated carbocycles. The molecule has 4 nitrogen and oxygen atoms in total. The molecule has 1 aliphatic heterocycles. The first-order chi connectivity index (χ1) is 9.26. The molecule has 0 bridgehead atoms. The average Bonchev–Trinajstić information content (AvgIpc) is 2.68. The van der Waals surface area contributed by atoms with E-state index >= 15 is 0 Å². The molecule has 102 valence electrons. The summed E-state index contributed by atoms with van der Waals surface area (Å²) in [7, 11) is 0. The summed E-state index contributed by atoms with van der Waals surface area (Å²) in [5, 5.41) is 0. The van der Waals surface area contributed by atoms with Crippen LogP contribution in [0, 0.1) is 5.92 Å². The quantitative estimate of drug-likeness (QED) is 0.839. The zero-order valence-electron chi connectivity index (χ0n) is 11.4. The average molecular weight is 259 g/mol. The van der Waals surface area contributed by atoms with Gasteiger partial charge in [-0.3, -0.25) is 0 Å². The molecule has 1 aromatic heterocycles. The lowest BCUT2D eigenvalue weighted by Gasteiger charge is -2.17. The van der Waals surface area contributed by atoms with Gasteiger partial charge in [0.15, 0.2) is 5.58 Å². The van der Waals surface area contributed by atoms with E-state index in [2.05, 4.69) is 16.8 Å². The molecule has 19 heavy (non-hydrogen) atoms. The van der Waals surface area contributed by atoms with Crippen molar-refractivity contribution in [2.24, 2.45) is 5.92 Å². The maximum Gasteiger partial charge on any atom is 0.298 e. The Kier molecular flexibility index (Phi) is 3.32. The highest BCUT2D eigenvalue weighted by Crippen LogP contribution is 2.27. The Morgan fingerprint density at radius 1 is 1.37 bits per heavy atom. The Labute approximate surface area is 113 Å². The topological polar surface area (TPSA) is 55.3 Å². The molecule has 3 rings (SSSR count). The summed E-state index contributed by atoms with van der Waals surface area (Å²) >= 11 is 0. The number of nitrogen functional groups attached to an aromatic ring is 1. The predicted octanol–water partition coefficient (Wildman–Crippen LogP) is 3.43. The van der Waals surface area contributed by atoms with Crippen molar-refractivity contribution in [2.45, 2.75) is 32.6 Å². The number of hydrogen-bond acceptors (Lipinski definition) is 4. The highest BCUT2D eigenvalue weighted by atomic mass is 16.4. The minimum atomic E-state index is 0.720. The minimum absolute atomic E-state index is 0.720. The Balaban J connectivity index is 1.83. The van der Waals surface area contributed by atoms with Crippen LogP contribution in [0.4, 0.5) is 11.7 Å². The lowest BCUT2D eigenvalue weighted by molar-refractivity contribution is 0.458. The standard InChI is InChI=1S/C15H21N3O/c1-2-11-4-3-8-18(9-7-11)15-17-13-6-5-12(16)10-14(13)19-15/h5-6,10-11H,2-4,7-9,16H2,1H3. The summed E-state index contributed by atoms with van der Waals surface area (Å²) in [4.78, 5) is 6.84. The number of aromatic nitrogens is 1. The number of anilines is 2. The van der Waals surface area contributed by atoms with E-state index in [0.717, 1.165) is 41.8 Å². The molecule has 1 atom stereocenters. The van der Waals surface area contributed by atoms with Crippen LogP contribution in [0.25, 0.3) is 11.1 Å². The van der Waals surface area contributed by atoms with E-state index in [1.165, 1.54) is 25.7 Å². The van der Waals surface area contributed by atoms with E-state index < -0.39 is 0 Å². The van der Waals surface area contributed by atoms with Crippen molar-refractivity contribution >= 4 is 22.8 Å². The van der Waals surface area contributed by atoms with Crippen LogP contribution in [0.5, 0.6) is 0 Å². The Bertz CT molecular complexity index is 564. The highest BCUT2D eigenvalue weighted by molar-refractivity contribution is 5.78. The summed E-state index contributed by atoms with van der Waals surface area (Å²) < 4.78 is 5.85. The van der Waals surface area contributed by atoms with Crippen LogP contribution in [0.15, 0.2) is 22.6 Å². The lowest BCUT2D eigenvalue weighted by atomic mass is 9.98. The molecule has 1 aromatic carbocycles. The van der Waals surface area contributed by atoms with E-state index in [4.69, 9.17) is 10.2 Å². The molecule has 1 saturated heterocycles. The van der Waals surface area contributed by atoms with E-state index in [0.29, 0.717) is 0 Å². The SMILES string of the molecule is CCC1CCCN(c2nc3ccc(N)cc3o2)CC1. The van der Waals surface area contributed by atoms with Gasteiger partial charge >= 0.3 is 0 Å². The number of hydrogen-bond donors (Lipinski definition) is 1. The van der Waals surface area contributed by atoms with Crippen LogP contribution < -0.4 is 10.6 Å². The second-order valence-corrected chi connectivity index (χ2v) is 5.42. The third kappa shape index (κ3) is 2.53. The van der Waals surface area contributed by atoms with Crippen molar-refractivity contribution in [2.75, 3.05) is 23.7 Å². The molecular weight excluding hydrogens is 238 g/mol. The lowest BCUT2D eigenvalue weighted by Crippen LogP contribution is -2.24. The van der Waals surface area contributed by atoms with Crippen LogP contribution in [0.3, 0.4) is 0 Å². The molecular formula is C15H21N3O. The molecule has 1 fully saturated rings. The van der Waals surface area contributed by atoms with Crippen LogP contribution in [0.1, 0.15) is 32.6 Å². The third-order valence-electron chi connectivity index (χ3n) is 4.10. The molecule has 0 amide bonds. The van der Waals surface area contributed by atoms with Gasteiger partial charge in [-0.2, -0.15) is 4.98 Å². The largest absolute Gasteiger partial charge is 0.423 e. The number of nitrogens with two attached hydrogens (primary N) is 1. The van der Waals surface area contributed by atoms with Crippen LogP contribution in [-0.2, 0) is 0 Å². The zero-order chi connectivity index (χ0) is 13.2. The number of nitrogens with zero attached hydrogens (tertiary/aromatic N) is 2. The zero-order valence-corrected chi connectivity index (χ0v) is 11.4. The molecule has 0 radical (unpaired) electrons. The van der Waals surface area contributed by atoms with Crippen molar-refractivity contribution in [3.63, 3.8) is 0 Å². The van der Waals surface area contributed by atoms with Gasteiger partial charge in [0.05, 0.1) is 0 Å². The smallest absolute Gasteiger partial charge is 0.298 e. The summed E-state index contributed by atoms with van der Waals surface area (Å²) in [6, 6.07) is 6.38. The van der Waals surface area contributed by atoms with E-state index in [1.807, 2.05) is 18.2 Å². The maximum absolute atomic E-state index is 5.85.